The molecule has 2 aromatic carbocycles. The van der Waals surface area contributed by atoms with Crippen molar-refractivity contribution in [3.8, 4) is 11.8 Å². The molecule has 0 aromatic heterocycles. The van der Waals surface area contributed by atoms with Crippen molar-refractivity contribution in [2.24, 2.45) is 0 Å². The molecule has 0 saturated heterocycles. The highest BCUT2D eigenvalue weighted by Gasteiger charge is 2.08. The maximum absolute atomic E-state index is 13.7. The average Bonchev–Trinajstić information content (AvgIpc) is 2.49. The summed E-state index contributed by atoms with van der Waals surface area (Å²) in [5.74, 6) is -0.825. The highest BCUT2D eigenvalue weighted by atomic mass is 19.1. The molecule has 0 unspecified atom stereocenters. The molecular formula is C16H13FN2O2. The summed E-state index contributed by atoms with van der Waals surface area (Å²) in [5, 5.41) is 11.3. The molecule has 0 aliphatic rings. The summed E-state index contributed by atoms with van der Waals surface area (Å²) in [6.45, 7) is 1.33. The Kier molecular flexibility index (Phi) is 4.52. The summed E-state index contributed by atoms with van der Waals surface area (Å²) in [6, 6.07) is 13.2. The van der Waals surface area contributed by atoms with E-state index in [9.17, 15) is 9.18 Å². The average molecular weight is 284 g/mol. The van der Waals surface area contributed by atoms with Crippen LogP contribution in [0.5, 0.6) is 5.75 Å². The van der Waals surface area contributed by atoms with E-state index in [0.717, 1.165) is 0 Å². The number of amides is 1. The van der Waals surface area contributed by atoms with Gasteiger partial charge in [0.15, 0.2) is 18.2 Å². The molecule has 0 aliphatic carbocycles. The van der Waals surface area contributed by atoms with Gasteiger partial charge in [-0.25, -0.2) is 4.39 Å². The molecule has 0 saturated carbocycles. The molecule has 4 nitrogen and oxygen atoms in total. The molecule has 21 heavy (non-hydrogen) atoms. The molecule has 2 aromatic rings. The Labute approximate surface area is 121 Å². The van der Waals surface area contributed by atoms with Gasteiger partial charge in [-0.05, 0) is 42.8 Å². The first kappa shape index (κ1) is 14.5. The van der Waals surface area contributed by atoms with Gasteiger partial charge in [-0.15, -0.1) is 0 Å². The van der Waals surface area contributed by atoms with Crippen LogP contribution in [0.2, 0.25) is 0 Å². The number of carbonyl (C=O) groups excluding carboxylic acids is 1. The molecule has 0 heterocycles. The molecule has 0 atom stereocenters. The molecular weight excluding hydrogens is 271 g/mol. The van der Waals surface area contributed by atoms with Crippen LogP contribution in [-0.4, -0.2) is 12.5 Å². The van der Waals surface area contributed by atoms with Gasteiger partial charge in [0.1, 0.15) is 0 Å². The number of ether oxygens (including phenoxy) is 1. The summed E-state index contributed by atoms with van der Waals surface area (Å²) in [7, 11) is 0. The van der Waals surface area contributed by atoms with E-state index in [1.165, 1.54) is 6.07 Å². The maximum atomic E-state index is 13.7. The van der Waals surface area contributed by atoms with Crippen molar-refractivity contribution in [3.63, 3.8) is 0 Å². The molecule has 1 N–H and O–H groups in total. The SMILES string of the molecule is Cc1cccc(OCC(=O)Nc2ccc(C#N)cc2)c1F. The second-order valence-electron chi connectivity index (χ2n) is 4.41. The Morgan fingerprint density at radius 2 is 2.00 bits per heavy atom. The smallest absolute Gasteiger partial charge is 0.262 e. The third-order valence-electron chi connectivity index (χ3n) is 2.81. The summed E-state index contributed by atoms with van der Waals surface area (Å²) < 4.78 is 18.8. The molecule has 5 heteroatoms. The first-order valence-electron chi connectivity index (χ1n) is 6.28. The zero-order valence-corrected chi connectivity index (χ0v) is 11.4. The summed E-state index contributed by atoms with van der Waals surface area (Å²) in [4.78, 5) is 11.7. The fourth-order valence-electron chi connectivity index (χ4n) is 1.70. The van der Waals surface area contributed by atoms with E-state index >= 15 is 0 Å². The molecule has 106 valence electrons. The Morgan fingerprint density at radius 1 is 1.29 bits per heavy atom. The number of aryl methyl sites for hydroxylation is 1. The first-order valence-corrected chi connectivity index (χ1v) is 6.28. The molecule has 0 fully saturated rings. The fraction of sp³-hybridized carbons (Fsp3) is 0.125. The van der Waals surface area contributed by atoms with Gasteiger partial charge in [0, 0.05) is 5.69 Å². The number of hydrogen-bond acceptors (Lipinski definition) is 3. The second-order valence-corrected chi connectivity index (χ2v) is 4.41. The molecule has 1 amide bonds. The van der Waals surface area contributed by atoms with Crippen LogP contribution in [0.25, 0.3) is 0 Å². The van der Waals surface area contributed by atoms with Gasteiger partial charge in [0.2, 0.25) is 0 Å². The van der Waals surface area contributed by atoms with Crippen LogP contribution in [0, 0.1) is 24.1 Å². The number of rotatable bonds is 4. The number of benzene rings is 2. The van der Waals surface area contributed by atoms with Crippen molar-refractivity contribution in [3.05, 3.63) is 59.4 Å². The number of carbonyl (C=O) groups is 1. The largest absolute Gasteiger partial charge is 0.481 e. The van der Waals surface area contributed by atoms with Gasteiger partial charge in [-0.3, -0.25) is 4.79 Å². The quantitative estimate of drug-likeness (QED) is 0.938. The molecule has 0 spiro atoms. The van der Waals surface area contributed by atoms with Crippen molar-refractivity contribution >= 4 is 11.6 Å². The van der Waals surface area contributed by atoms with E-state index in [2.05, 4.69) is 5.32 Å². The normalized spacial score (nSPS) is 9.76. The molecule has 0 radical (unpaired) electrons. The van der Waals surface area contributed by atoms with Crippen LogP contribution in [0.4, 0.5) is 10.1 Å². The summed E-state index contributed by atoms with van der Waals surface area (Å²) in [5.41, 5.74) is 1.51. The predicted octanol–water partition coefficient (Wildman–Crippen LogP) is 3.02. The first-order chi connectivity index (χ1) is 10.1. The lowest BCUT2D eigenvalue weighted by Gasteiger charge is -2.09. The highest BCUT2D eigenvalue weighted by molar-refractivity contribution is 5.91. The summed E-state index contributed by atoms with van der Waals surface area (Å²) >= 11 is 0. The van der Waals surface area contributed by atoms with E-state index in [1.807, 2.05) is 6.07 Å². The minimum atomic E-state index is -0.469. The van der Waals surface area contributed by atoms with Crippen LogP contribution < -0.4 is 10.1 Å². The Bertz CT molecular complexity index is 690. The Morgan fingerprint density at radius 3 is 2.67 bits per heavy atom. The zero-order chi connectivity index (χ0) is 15.2. The van der Waals surface area contributed by atoms with Gasteiger partial charge in [-0.2, -0.15) is 5.26 Å². The molecule has 0 bridgehead atoms. The van der Waals surface area contributed by atoms with Crippen LogP contribution in [0.1, 0.15) is 11.1 Å². The van der Waals surface area contributed by atoms with Crippen molar-refractivity contribution in [2.45, 2.75) is 6.92 Å². The van der Waals surface area contributed by atoms with E-state index in [0.29, 0.717) is 16.8 Å². The summed E-state index contributed by atoms with van der Waals surface area (Å²) in [6.07, 6.45) is 0. The van der Waals surface area contributed by atoms with E-state index in [-0.39, 0.29) is 12.4 Å². The van der Waals surface area contributed by atoms with Gasteiger partial charge in [0.05, 0.1) is 11.6 Å². The third kappa shape index (κ3) is 3.80. The van der Waals surface area contributed by atoms with Crippen molar-refractivity contribution in [2.75, 3.05) is 11.9 Å². The van der Waals surface area contributed by atoms with Gasteiger partial charge >= 0.3 is 0 Å². The Hall–Kier alpha value is -2.87. The maximum Gasteiger partial charge on any atom is 0.262 e. The molecule has 2 rings (SSSR count). The van der Waals surface area contributed by atoms with Crippen LogP contribution in [0.15, 0.2) is 42.5 Å². The lowest BCUT2D eigenvalue weighted by molar-refractivity contribution is -0.118. The van der Waals surface area contributed by atoms with Crippen molar-refractivity contribution in [1.82, 2.24) is 0 Å². The Balaban J connectivity index is 1.93. The fourth-order valence-corrected chi connectivity index (χ4v) is 1.70. The number of nitrogens with zero attached hydrogens (tertiary/aromatic N) is 1. The number of anilines is 1. The third-order valence-corrected chi connectivity index (χ3v) is 2.81. The number of nitriles is 1. The van der Waals surface area contributed by atoms with Gasteiger partial charge in [0.25, 0.3) is 5.91 Å². The molecule has 0 aliphatic heterocycles. The van der Waals surface area contributed by atoms with Crippen LogP contribution in [0.3, 0.4) is 0 Å². The zero-order valence-electron chi connectivity index (χ0n) is 11.4. The number of halogens is 1. The topological polar surface area (TPSA) is 62.1 Å². The second kappa shape index (κ2) is 6.53. The van der Waals surface area contributed by atoms with Gasteiger partial charge < -0.3 is 10.1 Å². The predicted molar refractivity (Wildman–Crippen MR) is 76.4 cm³/mol. The minimum absolute atomic E-state index is 0.0463. The van der Waals surface area contributed by atoms with E-state index < -0.39 is 11.7 Å². The number of hydrogen-bond donors (Lipinski definition) is 1. The van der Waals surface area contributed by atoms with E-state index in [1.54, 1.807) is 43.3 Å². The van der Waals surface area contributed by atoms with Crippen LogP contribution >= 0.6 is 0 Å². The standard InChI is InChI=1S/C16H13FN2O2/c1-11-3-2-4-14(16(11)17)21-10-15(20)19-13-7-5-12(9-18)6-8-13/h2-8H,10H2,1H3,(H,19,20). The lowest BCUT2D eigenvalue weighted by atomic mass is 10.2. The lowest BCUT2D eigenvalue weighted by Crippen LogP contribution is -2.20. The van der Waals surface area contributed by atoms with E-state index in [4.69, 9.17) is 10.00 Å². The van der Waals surface area contributed by atoms with Crippen molar-refractivity contribution < 1.29 is 13.9 Å². The van der Waals surface area contributed by atoms with Crippen molar-refractivity contribution in [1.29, 1.82) is 5.26 Å². The van der Waals surface area contributed by atoms with Crippen LogP contribution in [-0.2, 0) is 4.79 Å². The number of nitrogens with one attached hydrogen (secondary N) is 1. The highest BCUT2D eigenvalue weighted by Crippen LogP contribution is 2.19. The van der Waals surface area contributed by atoms with Gasteiger partial charge in [-0.1, -0.05) is 12.1 Å². The monoisotopic (exact) mass is 284 g/mol. The minimum Gasteiger partial charge on any atom is -0.481 e.